The molecule has 0 radical (unpaired) electrons. The normalized spacial score (nSPS) is 12.0. The van der Waals surface area contributed by atoms with E-state index in [2.05, 4.69) is 15.2 Å². The Morgan fingerprint density at radius 2 is 1.88 bits per heavy atom. The van der Waals surface area contributed by atoms with Gasteiger partial charge in [0.25, 0.3) is 5.91 Å². The number of sulfonamides is 1. The predicted octanol–water partition coefficient (Wildman–Crippen LogP) is 1.86. The van der Waals surface area contributed by atoms with Gasteiger partial charge in [-0.05, 0) is 37.3 Å². The van der Waals surface area contributed by atoms with Gasteiger partial charge in [0.05, 0.1) is 17.2 Å². The number of nitrogens with one attached hydrogen (secondary N) is 2. The molecule has 132 valence electrons. The quantitative estimate of drug-likeness (QED) is 0.524. The fraction of sp³-hybridized carbons (Fsp3) is 0.125. The van der Waals surface area contributed by atoms with Gasteiger partial charge in [-0.2, -0.15) is 5.10 Å². The molecule has 1 amide bonds. The third-order valence-corrected chi connectivity index (χ3v) is 4.83. The summed E-state index contributed by atoms with van der Waals surface area (Å²) >= 11 is 5.85. The van der Waals surface area contributed by atoms with E-state index in [9.17, 15) is 18.3 Å². The molecule has 0 atom stereocenters. The fourth-order valence-corrected chi connectivity index (χ4v) is 3.06. The first kappa shape index (κ1) is 18.9. The minimum Gasteiger partial charge on any atom is -0.507 e. The van der Waals surface area contributed by atoms with Gasteiger partial charge in [0, 0.05) is 10.6 Å². The van der Waals surface area contributed by atoms with Crippen molar-refractivity contribution < 1.29 is 18.3 Å². The first-order chi connectivity index (χ1) is 11.8. The maximum Gasteiger partial charge on any atom is 0.255 e. The summed E-state index contributed by atoms with van der Waals surface area (Å²) in [5.74, 6) is -0.690. The van der Waals surface area contributed by atoms with Crippen LogP contribution in [-0.4, -0.2) is 31.7 Å². The summed E-state index contributed by atoms with van der Waals surface area (Å²) in [7, 11) is -3.78. The van der Waals surface area contributed by atoms with Gasteiger partial charge >= 0.3 is 0 Å². The van der Waals surface area contributed by atoms with Crippen molar-refractivity contribution in [1.82, 2.24) is 10.1 Å². The molecule has 2 aromatic carbocycles. The van der Waals surface area contributed by atoms with Crippen molar-refractivity contribution in [1.29, 1.82) is 0 Å². The minimum absolute atomic E-state index is 0.0373. The monoisotopic (exact) mass is 381 g/mol. The first-order valence-corrected chi connectivity index (χ1v) is 9.02. The second-order valence-corrected chi connectivity index (χ2v) is 7.23. The lowest BCUT2D eigenvalue weighted by Crippen LogP contribution is -2.35. The molecule has 7 nitrogen and oxygen atoms in total. The fourth-order valence-electron chi connectivity index (χ4n) is 1.89. The standard InChI is InChI=1S/C16H16ClN3O4S/c1-11(14-9-12(17)7-8-15(14)21)19-20-16(22)10-18-25(23,24)13-5-3-2-4-6-13/h2-9,18,21H,10H2,1H3,(H,20,22)/b19-11+. The first-order valence-electron chi connectivity index (χ1n) is 7.16. The second-order valence-electron chi connectivity index (χ2n) is 5.03. The number of hydrazone groups is 1. The average Bonchev–Trinajstić information content (AvgIpc) is 2.60. The number of nitrogens with zero attached hydrogens (tertiary/aromatic N) is 1. The number of rotatable bonds is 6. The highest BCUT2D eigenvalue weighted by Crippen LogP contribution is 2.21. The molecule has 25 heavy (non-hydrogen) atoms. The van der Waals surface area contributed by atoms with Crippen LogP contribution in [-0.2, 0) is 14.8 Å². The third-order valence-electron chi connectivity index (χ3n) is 3.17. The molecule has 0 aliphatic heterocycles. The van der Waals surface area contributed by atoms with Gasteiger partial charge in [-0.3, -0.25) is 4.79 Å². The number of halogens is 1. The number of phenols is 1. The number of carbonyl (C=O) groups is 1. The smallest absolute Gasteiger partial charge is 0.255 e. The molecule has 0 saturated carbocycles. The van der Waals surface area contributed by atoms with Gasteiger partial charge in [0.2, 0.25) is 10.0 Å². The van der Waals surface area contributed by atoms with Gasteiger partial charge in [-0.15, -0.1) is 0 Å². The van der Waals surface area contributed by atoms with Gasteiger partial charge in [-0.25, -0.2) is 18.6 Å². The van der Waals surface area contributed by atoms with E-state index in [1.807, 2.05) is 0 Å². The Hall–Kier alpha value is -2.42. The van der Waals surface area contributed by atoms with Crippen molar-refractivity contribution in [2.24, 2.45) is 5.10 Å². The van der Waals surface area contributed by atoms with Crippen LogP contribution < -0.4 is 10.1 Å². The highest BCUT2D eigenvalue weighted by molar-refractivity contribution is 7.89. The molecule has 2 rings (SSSR count). The largest absolute Gasteiger partial charge is 0.507 e. The molecule has 2 aromatic rings. The summed E-state index contributed by atoms with van der Waals surface area (Å²) in [5.41, 5.74) is 2.90. The third kappa shape index (κ3) is 5.28. The van der Waals surface area contributed by atoms with Crippen molar-refractivity contribution in [3.8, 4) is 5.75 Å². The Labute approximate surface area is 150 Å². The molecule has 0 bridgehead atoms. The van der Waals surface area contributed by atoms with Gasteiger partial charge in [0.15, 0.2) is 0 Å². The van der Waals surface area contributed by atoms with Crippen molar-refractivity contribution >= 4 is 33.2 Å². The van der Waals surface area contributed by atoms with Crippen LogP contribution in [0.3, 0.4) is 0 Å². The van der Waals surface area contributed by atoms with E-state index < -0.39 is 22.5 Å². The average molecular weight is 382 g/mol. The zero-order valence-corrected chi connectivity index (χ0v) is 14.8. The molecule has 0 spiro atoms. The molecule has 0 aliphatic carbocycles. The van der Waals surface area contributed by atoms with Crippen LogP contribution in [0.25, 0.3) is 0 Å². The van der Waals surface area contributed by atoms with Crippen LogP contribution >= 0.6 is 11.6 Å². The van der Waals surface area contributed by atoms with Crippen molar-refractivity contribution in [2.45, 2.75) is 11.8 Å². The molecule has 9 heteroatoms. The molecule has 0 heterocycles. The maximum absolute atomic E-state index is 12.0. The summed E-state index contributed by atoms with van der Waals surface area (Å²) in [5, 5.41) is 14.0. The second kappa shape index (κ2) is 8.11. The van der Waals surface area contributed by atoms with Crippen LogP contribution in [0.2, 0.25) is 5.02 Å². The highest BCUT2D eigenvalue weighted by atomic mass is 35.5. The van der Waals surface area contributed by atoms with Crippen LogP contribution in [0, 0.1) is 0 Å². The van der Waals surface area contributed by atoms with Crippen molar-refractivity contribution in [2.75, 3.05) is 6.54 Å². The van der Waals surface area contributed by atoms with E-state index in [1.165, 1.54) is 30.3 Å². The Balaban J connectivity index is 1.97. The number of amides is 1. The Morgan fingerprint density at radius 1 is 1.20 bits per heavy atom. The highest BCUT2D eigenvalue weighted by Gasteiger charge is 2.14. The Bertz CT molecular complexity index is 899. The van der Waals surface area contributed by atoms with Crippen LogP contribution in [0.5, 0.6) is 5.75 Å². The molecule has 3 N–H and O–H groups in total. The van der Waals surface area contributed by atoms with E-state index >= 15 is 0 Å². The Morgan fingerprint density at radius 3 is 2.56 bits per heavy atom. The van der Waals surface area contributed by atoms with E-state index in [4.69, 9.17) is 11.6 Å². The van der Waals surface area contributed by atoms with Crippen LogP contribution in [0.4, 0.5) is 0 Å². The molecule has 0 unspecified atom stereocenters. The lowest BCUT2D eigenvalue weighted by Gasteiger charge is -2.07. The van der Waals surface area contributed by atoms with Crippen LogP contribution in [0.1, 0.15) is 12.5 Å². The number of hydrogen-bond acceptors (Lipinski definition) is 5. The number of aromatic hydroxyl groups is 1. The van der Waals surface area contributed by atoms with Crippen molar-refractivity contribution in [3.63, 3.8) is 0 Å². The van der Waals surface area contributed by atoms with E-state index in [0.717, 1.165) is 0 Å². The Kier molecular flexibility index (Phi) is 6.13. The maximum atomic E-state index is 12.0. The summed E-state index contributed by atoms with van der Waals surface area (Å²) in [6.45, 7) is 1.09. The predicted molar refractivity (Wildman–Crippen MR) is 95.1 cm³/mol. The minimum atomic E-state index is -3.78. The zero-order valence-electron chi connectivity index (χ0n) is 13.2. The topological polar surface area (TPSA) is 108 Å². The summed E-state index contributed by atoms with van der Waals surface area (Å²) < 4.78 is 26.2. The van der Waals surface area contributed by atoms with Gasteiger partial charge < -0.3 is 5.11 Å². The summed E-state index contributed by atoms with van der Waals surface area (Å²) in [6.07, 6.45) is 0. The molecule has 0 fully saturated rings. The summed E-state index contributed by atoms with van der Waals surface area (Å²) in [6, 6.07) is 12.1. The number of carbonyl (C=O) groups excluding carboxylic acids is 1. The lowest BCUT2D eigenvalue weighted by molar-refractivity contribution is -0.119. The molecule has 0 aliphatic rings. The number of phenolic OH excluding ortho intramolecular Hbond substituents is 1. The number of hydrogen-bond donors (Lipinski definition) is 3. The van der Waals surface area contributed by atoms with Gasteiger partial charge in [-0.1, -0.05) is 29.8 Å². The van der Waals surface area contributed by atoms with E-state index in [-0.39, 0.29) is 10.6 Å². The lowest BCUT2D eigenvalue weighted by atomic mass is 10.1. The van der Waals surface area contributed by atoms with Crippen molar-refractivity contribution in [3.05, 3.63) is 59.1 Å². The van der Waals surface area contributed by atoms with Gasteiger partial charge in [0.1, 0.15) is 5.75 Å². The van der Waals surface area contributed by atoms with E-state index in [0.29, 0.717) is 16.3 Å². The molecular weight excluding hydrogens is 366 g/mol. The summed E-state index contributed by atoms with van der Waals surface area (Å²) in [4.78, 5) is 11.8. The molecule has 0 aromatic heterocycles. The SMILES string of the molecule is C/C(=N\NC(=O)CNS(=O)(=O)c1ccccc1)c1cc(Cl)ccc1O. The van der Waals surface area contributed by atoms with Crippen LogP contribution in [0.15, 0.2) is 58.5 Å². The molecule has 0 saturated heterocycles. The number of benzene rings is 2. The zero-order chi connectivity index (χ0) is 18.4. The van der Waals surface area contributed by atoms with E-state index in [1.54, 1.807) is 25.1 Å². The molecular formula is C16H16ClN3O4S.